The number of nitrogens with one attached hydrogen (secondary N) is 2. The average molecular weight is 448 g/mol. The zero-order valence-corrected chi connectivity index (χ0v) is 17.2. The third-order valence-corrected chi connectivity index (χ3v) is 4.18. The van der Waals surface area contributed by atoms with Gasteiger partial charge in [-0.2, -0.15) is 0 Å². The minimum atomic E-state index is -0.190. The lowest BCUT2D eigenvalue weighted by atomic mass is 10.1. The van der Waals surface area contributed by atoms with Crippen molar-refractivity contribution in [3.8, 4) is 0 Å². The van der Waals surface area contributed by atoms with Crippen LogP contribution in [0.4, 0.5) is 4.39 Å². The van der Waals surface area contributed by atoms with Crippen molar-refractivity contribution >= 4 is 29.9 Å². The monoisotopic (exact) mass is 448 g/mol. The van der Waals surface area contributed by atoms with E-state index < -0.39 is 0 Å². The summed E-state index contributed by atoms with van der Waals surface area (Å²) in [5, 5.41) is 6.68. The minimum Gasteiger partial charge on any atom is -0.356 e. The van der Waals surface area contributed by atoms with Gasteiger partial charge in [-0.1, -0.05) is 12.1 Å². The highest BCUT2D eigenvalue weighted by atomic mass is 127. The zero-order valence-electron chi connectivity index (χ0n) is 14.9. The highest BCUT2D eigenvalue weighted by Crippen LogP contribution is 2.27. The van der Waals surface area contributed by atoms with Gasteiger partial charge in [0, 0.05) is 38.8 Å². The quantitative estimate of drug-likeness (QED) is 0.365. The van der Waals surface area contributed by atoms with Gasteiger partial charge < -0.3 is 10.6 Å². The van der Waals surface area contributed by atoms with Crippen LogP contribution in [0.2, 0.25) is 0 Å². The summed E-state index contributed by atoms with van der Waals surface area (Å²) in [7, 11) is 1.79. The van der Waals surface area contributed by atoms with E-state index in [1.165, 1.54) is 25.0 Å². The third-order valence-electron chi connectivity index (χ3n) is 4.18. The molecule has 24 heavy (non-hydrogen) atoms. The number of halogens is 2. The summed E-state index contributed by atoms with van der Waals surface area (Å²) in [5.74, 6) is 0.635. The smallest absolute Gasteiger partial charge is 0.191 e. The summed E-state index contributed by atoms with van der Waals surface area (Å²) in [6.45, 7) is 7.23. The van der Waals surface area contributed by atoms with Crippen LogP contribution < -0.4 is 10.6 Å². The molecular weight excluding hydrogens is 418 g/mol. The fourth-order valence-corrected chi connectivity index (χ4v) is 2.77. The van der Waals surface area contributed by atoms with Crippen molar-refractivity contribution in [2.45, 2.75) is 45.2 Å². The Kier molecular flexibility index (Phi) is 9.58. The van der Waals surface area contributed by atoms with Crippen molar-refractivity contribution in [1.29, 1.82) is 0 Å². The Hall–Kier alpha value is -0.890. The first-order chi connectivity index (χ1) is 11.1. The summed E-state index contributed by atoms with van der Waals surface area (Å²) in [4.78, 5) is 6.81. The van der Waals surface area contributed by atoms with Gasteiger partial charge in [0.15, 0.2) is 5.96 Å². The van der Waals surface area contributed by atoms with Crippen LogP contribution in [-0.4, -0.2) is 49.6 Å². The lowest BCUT2D eigenvalue weighted by Crippen LogP contribution is -2.44. The molecule has 0 saturated heterocycles. The molecule has 136 valence electrons. The van der Waals surface area contributed by atoms with Crippen LogP contribution in [0.1, 0.15) is 32.3 Å². The molecule has 0 heterocycles. The summed E-state index contributed by atoms with van der Waals surface area (Å²) in [5.41, 5.74) is 1.12. The molecule has 1 fully saturated rings. The molecule has 0 aliphatic heterocycles. The maximum absolute atomic E-state index is 12.9. The molecule has 1 aromatic carbocycles. The van der Waals surface area contributed by atoms with E-state index in [-0.39, 0.29) is 29.8 Å². The van der Waals surface area contributed by atoms with Crippen molar-refractivity contribution in [3.63, 3.8) is 0 Å². The highest BCUT2D eigenvalue weighted by molar-refractivity contribution is 14.0. The number of nitrogens with zero attached hydrogens (tertiary/aromatic N) is 2. The Morgan fingerprint density at radius 1 is 1.21 bits per heavy atom. The average Bonchev–Trinajstić information content (AvgIpc) is 3.36. The van der Waals surface area contributed by atoms with Crippen molar-refractivity contribution in [2.75, 3.05) is 26.7 Å². The predicted octanol–water partition coefficient (Wildman–Crippen LogP) is 3.02. The standard InChI is InChI=1S/C18H29FN4.HI/c1-14(2)23(17-8-9-17)13-12-22-18(20-3)21-11-10-15-4-6-16(19)7-5-15;/h4-7,14,17H,8-13H2,1-3H3,(H2,20,21,22);1H. The predicted molar refractivity (Wildman–Crippen MR) is 110 cm³/mol. The molecule has 0 unspecified atom stereocenters. The van der Waals surface area contributed by atoms with Crippen molar-refractivity contribution in [1.82, 2.24) is 15.5 Å². The van der Waals surface area contributed by atoms with Crippen molar-refractivity contribution in [2.24, 2.45) is 4.99 Å². The van der Waals surface area contributed by atoms with Crippen molar-refractivity contribution < 1.29 is 4.39 Å². The molecule has 1 aliphatic carbocycles. The van der Waals surface area contributed by atoms with Gasteiger partial charge in [-0.25, -0.2) is 4.39 Å². The molecule has 1 aliphatic rings. The van der Waals surface area contributed by atoms with Gasteiger partial charge in [0.05, 0.1) is 0 Å². The lowest BCUT2D eigenvalue weighted by Gasteiger charge is -2.26. The molecular formula is C18H30FIN4. The van der Waals surface area contributed by atoms with Gasteiger partial charge in [-0.05, 0) is 50.8 Å². The van der Waals surface area contributed by atoms with Crippen LogP contribution in [-0.2, 0) is 6.42 Å². The van der Waals surface area contributed by atoms with Crippen LogP contribution in [0.3, 0.4) is 0 Å². The Morgan fingerprint density at radius 3 is 2.38 bits per heavy atom. The summed E-state index contributed by atoms with van der Waals surface area (Å²) >= 11 is 0. The third kappa shape index (κ3) is 7.34. The summed E-state index contributed by atoms with van der Waals surface area (Å²) < 4.78 is 12.9. The first kappa shape index (κ1) is 21.2. The highest BCUT2D eigenvalue weighted by Gasteiger charge is 2.29. The molecule has 1 saturated carbocycles. The molecule has 0 radical (unpaired) electrons. The second kappa shape index (κ2) is 10.9. The Morgan fingerprint density at radius 2 is 1.83 bits per heavy atom. The number of guanidine groups is 1. The van der Waals surface area contributed by atoms with Crippen LogP contribution in [0.5, 0.6) is 0 Å². The van der Waals surface area contributed by atoms with Gasteiger partial charge in [-0.15, -0.1) is 24.0 Å². The molecule has 0 amide bonds. The van der Waals surface area contributed by atoms with E-state index in [1.807, 2.05) is 12.1 Å². The molecule has 0 spiro atoms. The van der Waals surface area contributed by atoms with Gasteiger partial charge >= 0.3 is 0 Å². The van der Waals surface area contributed by atoms with Crippen molar-refractivity contribution in [3.05, 3.63) is 35.6 Å². The maximum Gasteiger partial charge on any atom is 0.191 e. The largest absolute Gasteiger partial charge is 0.356 e. The number of rotatable bonds is 8. The summed E-state index contributed by atoms with van der Waals surface area (Å²) in [6, 6.07) is 8.02. The van der Waals surface area contributed by atoms with Gasteiger partial charge in [-0.3, -0.25) is 9.89 Å². The minimum absolute atomic E-state index is 0. The van der Waals surface area contributed by atoms with E-state index in [9.17, 15) is 4.39 Å². The number of benzene rings is 1. The molecule has 4 nitrogen and oxygen atoms in total. The Labute approximate surface area is 162 Å². The van der Waals surface area contributed by atoms with Crippen LogP contribution >= 0.6 is 24.0 Å². The second-order valence-electron chi connectivity index (χ2n) is 6.36. The van der Waals surface area contributed by atoms with E-state index in [2.05, 4.69) is 34.4 Å². The van der Waals surface area contributed by atoms with Crippen LogP contribution in [0.25, 0.3) is 0 Å². The van der Waals surface area contributed by atoms with E-state index in [4.69, 9.17) is 0 Å². The van der Waals surface area contributed by atoms with Gasteiger partial charge in [0.1, 0.15) is 5.82 Å². The maximum atomic E-state index is 12.9. The second-order valence-corrected chi connectivity index (χ2v) is 6.36. The van der Waals surface area contributed by atoms with E-state index in [0.29, 0.717) is 6.04 Å². The number of aliphatic imine (C=N–C) groups is 1. The molecule has 0 atom stereocenters. The lowest BCUT2D eigenvalue weighted by molar-refractivity contribution is 0.215. The summed E-state index contributed by atoms with van der Waals surface area (Å²) in [6.07, 6.45) is 3.52. The first-order valence-corrected chi connectivity index (χ1v) is 8.55. The Balaban J connectivity index is 0.00000288. The van der Waals surface area contributed by atoms with E-state index in [1.54, 1.807) is 7.05 Å². The normalized spacial score (nSPS) is 14.7. The van der Waals surface area contributed by atoms with E-state index >= 15 is 0 Å². The fourth-order valence-electron chi connectivity index (χ4n) is 2.77. The zero-order chi connectivity index (χ0) is 16.7. The van der Waals surface area contributed by atoms with Crippen LogP contribution in [0.15, 0.2) is 29.3 Å². The number of hydrogen-bond donors (Lipinski definition) is 2. The first-order valence-electron chi connectivity index (χ1n) is 8.55. The fraction of sp³-hybridized carbons (Fsp3) is 0.611. The molecule has 0 bridgehead atoms. The molecule has 0 aromatic heterocycles. The molecule has 2 N–H and O–H groups in total. The molecule has 2 rings (SSSR count). The Bertz CT molecular complexity index is 498. The topological polar surface area (TPSA) is 39.7 Å². The molecule has 1 aromatic rings. The molecule has 6 heteroatoms. The van der Waals surface area contributed by atoms with E-state index in [0.717, 1.165) is 43.6 Å². The van der Waals surface area contributed by atoms with Crippen LogP contribution in [0, 0.1) is 5.82 Å². The SMILES string of the molecule is CN=C(NCCc1ccc(F)cc1)NCCN(C(C)C)C1CC1.I. The number of hydrogen-bond acceptors (Lipinski definition) is 2. The van der Waals surface area contributed by atoms with Gasteiger partial charge in [0.25, 0.3) is 0 Å². The van der Waals surface area contributed by atoms with Gasteiger partial charge in [0.2, 0.25) is 0 Å².